The average Bonchev–Trinajstić information content (AvgIpc) is 3.66. The first-order chi connectivity index (χ1) is 32.7. The zero-order chi connectivity index (χ0) is 46.6. The largest absolute Gasteiger partial charge is 0.448 e. The fourth-order valence-corrected chi connectivity index (χ4v) is 6.72. The summed E-state index contributed by atoms with van der Waals surface area (Å²) >= 11 is 0. The smallest absolute Gasteiger partial charge is 0.409 e. The molecule has 1 aliphatic carbocycles. The summed E-state index contributed by atoms with van der Waals surface area (Å²) in [5.74, 6) is 0.0359. The van der Waals surface area contributed by atoms with Gasteiger partial charge in [0.25, 0.3) is 0 Å². The monoisotopic (exact) mass is 938 g/mol. The maximum Gasteiger partial charge on any atom is 0.409 e. The molecule has 2 aromatic carbocycles. The first-order valence-corrected chi connectivity index (χ1v) is 24.3. The maximum atomic E-state index is 12.6. The van der Waals surface area contributed by atoms with Gasteiger partial charge in [-0.05, 0) is 28.7 Å². The number of hydrogen-bond donors (Lipinski definition) is 0. The number of carbonyl (C=O) groups excluding carboxylic acids is 1. The Morgan fingerprint density at radius 3 is 1.03 bits per heavy atom. The summed E-state index contributed by atoms with van der Waals surface area (Å²) in [4.78, 5) is 14.2. The molecule has 0 spiro atoms. The van der Waals surface area contributed by atoms with Crippen molar-refractivity contribution in [3.05, 3.63) is 59.7 Å². The minimum Gasteiger partial charge on any atom is -0.448 e. The van der Waals surface area contributed by atoms with E-state index in [9.17, 15) is 4.79 Å². The van der Waals surface area contributed by atoms with Gasteiger partial charge in [0.1, 0.15) is 6.61 Å². The zero-order valence-electron chi connectivity index (χ0n) is 40.3. The van der Waals surface area contributed by atoms with E-state index in [-0.39, 0.29) is 12.0 Å². The second kappa shape index (κ2) is 42.3. The Labute approximate surface area is 395 Å². The van der Waals surface area contributed by atoms with Crippen LogP contribution in [0.4, 0.5) is 4.79 Å². The molecule has 0 N–H and O–H groups in total. The average molecular weight is 938 g/mol. The molecule has 378 valence electrons. The Bertz CT molecular complexity index is 1360. The number of rotatable bonds is 48. The molecule has 1 amide bonds. The lowest BCUT2D eigenvalue weighted by Crippen LogP contribution is -2.32. The summed E-state index contributed by atoms with van der Waals surface area (Å²) in [6, 6.07) is 16.6. The molecular formula is C50H83NO15. The third-order valence-corrected chi connectivity index (χ3v) is 10.3. The number of likely N-dealkylation sites (N-methyl/N-ethyl adjacent to an activating group) is 1. The topological polar surface area (TPSA) is 150 Å². The molecular weight excluding hydrogens is 855 g/mol. The van der Waals surface area contributed by atoms with Crippen molar-refractivity contribution in [1.82, 2.24) is 4.90 Å². The number of fused-ring (bicyclic) bond motifs is 3. The van der Waals surface area contributed by atoms with Crippen LogP contribution in [0.5, 0.6) is 0 Å². The highest BCUT2D eigenvalue weighted by Crippen LogP contribution is 2.44. The molecule has 0 saturated heterocycles. The van der Waals surface area contributed by atoms with Crippen molar-refractivity contribution >= 4 is 6.09 Å². The normalized spacial score (nSPS) is 12.2. The number of nitrogens with zero attached hydrogens (tertiary/aromatic N) is 1. The molecule has 16 heteroatoms. The van der Waals surface area contributed by atoms with E-state index >= 15 is 0 Å². The highest BCUT2D eigenvalue weighted by atomic mass is 16.6. The molecule has 66 heavy (non-hydrogen) atoms. The minimum absolute atomic E-state index is 0.0359. The van der Waals surface area contributed by atoms with Crippen LogP contribution in [-0.2, 0) is 66.3 Å². The minimum atomic E-state index is -0.365. The van der Waals surface area contributed by atoms with Gasteiger partial charge in [0.15, 0.2) is 0 Å². The molecule has 0 unspecified atom stereocenters. The molecule has 1 aliphatic rings. The van der Waals surface area contributed by atoms with Gasteiger partial charge in [-0.3, -0.25) is 0 Å². The Hall–Kier alpha value is -2.81. The fraction of sp³-hybridized carbons (Fsp3) is 0.740. The van der Waals surface area contributed by atoms with E-state index in [4.69, 9.17) is 66.3 Å². The van der Waals surface area contributed by atoms with Crippen molar-refractivity contribution in [2.24, 2.45) is 0 Å². The SMILES string of the molecule is CCCCCCCCOCCOCCOCCOCCOCCOCCOCCOCCOCCOCCOCCOCCOCCN(C)C(=O)OCC1c2ccccc2-c2ccccc21. The Morgan fingerprint density at radius 2 is 0.682 bits per heavy atom. The third-order valence-electron chi connectivity index (χ3n) is 10.3. The summed E-state index contributed by atoms with van der Waals surface area (Å²) in [5.41, 5.74) is 4.79. The van der Waals surface area contributed by atoms with Crippen LogP contribution in [-0.4, -0.2) is 203 Å². The van der Waals surface area contributed by atoms with Gasteiger partial charge >= 0.3 is 6.09 Å². The van der Waals surface area contributed by atoms with E-state index in [0.717, 1.165) is 13.0 Å². The summed E-state index contributed by atoms with van der Waals surface area (Å²) in [5, 5.41) is 0. The first-order valence-electron chi connectivity index (χ1n) is 24.3. The van der Waals surface area contributed by atoms with Gasteiger partial charge in [0.2, 0.25) is 0 Å². The van der Waals surface area contributed by atoms with E-state index < -0.39 is 0 Å². The van der Waals surface area contributed by atoms with Crippen LogP contribution in [0.15, 0.2) is 48.5 Å². The Balaban J connectivity index is 0.915. The molecule has 0 aliphatic heterocycles. The van der Waals surface area contributed by atoms with Crippen LogP contribution in [0.2, 0.25) is 0 Å². The van der Waals surface area contributed by atoms with Crippen molar-refractivity contribution in [1.29, 1.82) is 0 Å². The van der Waals surface area contributed by atoms with E-state index in [2.05, 4.69) is 31.2 Å². The van der Waals surface area contributed by atoms with Gasteiger partial charge in [-0.25, -0.2) is 4.79 Å². The zero-order valence-corrected chi connectivity index (χ0v) is 40.3. The predicted octanol–water partition coefficient (Wildman–Crippen LogP) is 6.44. The van der Waals surface area contributed by atoms with Crippen LogP contribution >= 0.6 is 0 Å². The number of ether oxygens (including phenoxy) is 14. The molecule has 0 aromatic heterocycles. The highest BCUT2D eigenvalue weighted by Gasteiger charge is 2.29. The van der Waals surface area contributed by atoms with Crippen LogP contribution < -0.4 is 0 Å². The quantitative estimate of drug-likeness (QED) is 0.0670. The first kappa shape index (κ1) is 57.5. The van der Waals surface area contributed by atoms with Gasteiger partial charge in [-0.15, -0.1) is 0 Å². The number of unbranched alkanes of at least 4 members (excludes halogenated alkanes) is 5. The fourth-order valence-electron chi connectivity index (χ4n) is 6.72. The second-order valence-corrected chi connectivity index (χ2v) is 15.5. The molecule has 2 aromatic rings. The van der Waals surface area contributed by atoms with Crippen LogP contribution in [0.3, 0.4) is 0 Å². The molecule has 0 bridgehead atoms. The lowest BCUT2D eigenvalue weighted by Gasteiger charge is -2.19. The summed E-state index contributed by atoms with van der Waals surface area (Å²) in [7, 11) is 1.72. The van der Waals surface area contributed by atoms with Gasteiger partial charge in [-0.1, -0.05) is 87.6 Å². The van der Waals surface area contributed by atoms with Gasteiger partial charge in [0.05, 0.1) is 165 Å². The number of benzene rings is 2. The van der Waals surface area contributed by atoms with E-state index in [1.807, 2.05) is 24.3 Å². The Kier molecular flexibility index (Phi) is 36.9. The number of carbonyl (C=O) groups is 1. The number of hydrogen-bond acceptors (Lipinski definition) is 15. The van der Waals surface area contributed by atoms with Gasteiger partial charge < -0.3 is 71.2 Å². The van der Waals surface area contributed by atoms with Crippen molar-refractivity contribution in [3.8, 4) is 11.1 Å². The Morgan fingerprint density at radius 1 is 0.394 bits per heavy atom. The molecule has 0 radical (unpaired) electrons. The molecule has 3 rings (SSSR count). The second-order valence-electron chi connectivity index (χ2n) is 15.5. The maximum absolute atomic E-state index is 12.6. The van der Waals surface area contributed by atoms with Crippen molar-refractivity contribution in [2.75, 3.05) is 192 Å². The predicted molar refractivity (Wildman–Crippen MR) is 252 cm³/mol. The lowest BCUT2D eigenvalue weighted by atomic mass is 9.98. The molecule has 0 saturated carbocycles. The van der Waals surface area contributed by atoms with Gasteiger partial charge in [0, 0.05) is 26.1 Å². The highest BCUT2D eigenvalue weighted by molar-refractivity contribution is 5.79. The van der Waals surface area contributed by atoms with Gasteiger partial charge in [-0.2, -0.15) is 0 Å². The standard InChI is InChI=1S/C50H83NO15/c1-3-4-5-6-7-12-18-53-20-22-55-24-26-57-28-30-59-32-34-61-36-38-63-40-42-65-43-41-64-39-37-62-35-33-60-31-29-58-27-25-56-23-21-54-19-17-51(2)50(52)66-44-49-47-15-10-8-13-45(47)46-14-9-11-16-48(46)49/h8-11,13-16,49H,3-7,12,17-44H2,1-2H3. The van der Waals surface area contributed by atoms with Crippen LogP contribution in [0.1, 0.15) is 62.5 Å². The van der Waals surface area contributed by atoms with Crippen LogP contribution in [0.25, 0.3) is 11.1 Å². The van der Waals surface area contributed by atoms with Crippen molar-refractivity contribution in [2.45, 2.75) is 51.4 Å². The third kappa shape index (κ3) is 29.2. The summed E-state index contributed by atoms with van der Waals surface area (Å²) in [6.07, 6.45) is 7.28. The molecule has 0 fully saturated rings. The lowest BCUT2D eigenvalue weighted by molar-refractivity contribution is -0.0291. The van der Waals surface area contributed by atoms with Crippen LogP contribution in [0, 0.1) is 0 Å². The molecule has 0 atom stereocenters. The van der Waals surface area contributed by atoms with E-state index in [1.54, 1.807) is 7.05 Å². The van der Waals surface area contributed by atoms with Crippen molar-refractivity contribution < 1.29 is 71.1 Å². The van der Waals surface area contributed by atoms with E-state index in [1.165, 1.54) is 59.3 Å². The summed E-state index contributed by atoms with van der Waals surface area (Å²) in [6.45, 7) is 16.3. The van der Waals surface area contributed by atoms with Crippen molar-refractivity contribution in [3.63, 3.8) is 0 Å². The summed E-state index contributed by atoms with van der Waals surface area (Å²) < 4.78 is 77.7. The van der Waals surface area contributed by atoms with E-state index in [0.29, 0.717) is 178 Å². The molecule has 16 nitrogen and oxygen atoms in total. The number of amides is 1. The molecule has 0 heterocycles.